The van der Waals surface area contributed by atoms with Crippen LogP contribution in [0.2, 0.25) is 0 Å². The highest BCUT2D eigenvalue weighted by molar-refractivity contribution is 5.91. The molecule has 1 fully saturated rings. The van der Waals surface area contributed by atoms with Crippen molar-refractivity contribution in [1.82, 2.24) is 4.98 Å². The van der Waals surface area contributed by atoms with Crippen LogP contribution in [0.4, 0.5) is 0 Å². The number of aromatic nitrogens is 1. The molecule has 7 atom stereocenters. The van der Waals surface area contributed by atoms with Crippen molar-refractivity contribution in [3.8, 4) is 0 Å². The summed E-state index contributed by atoms with van der Waals surface area (Å²) in [6.45, 7) is 11.5. The van der Waals surface area contributed by atoms with Gasteiger partial charge in [0.15, 0.2) is 5.60 Å². The number of hydrogen-bond donors (Lipinski definition) is 0. The van der Waals surface area contributed by atoms with Crippen LogP contribution in [0.5, 0.6) is 0 Å². The molecule has 0 bridgehead atoms. The van der Waals surface area contributed by atoms with Crippen LogP contribution >= 0.6 is 0 Å². The molecule has 0 saturated heterocycles. The summed E-state index contributed by atoms with van der Waals surface area (Å²) in [4.78, 5) is 70.0. The zero-order chi connectivity index (χ0) is 34.5. The Labute approximate surface area is 275 Å². The van der Waals surface area contributed by atoms with Crippen LogP contribution in [-0.2, 0) is 33.3 Å². The Kier molecular flexibility index (Phi) is 10.8. The molecular weight excluding hydrogens is 602 g/mol. The van der Waals surface area contributed by atoms with Gasteiger partial charge in [0.25, 0.3) is 0 Å². The standard InChI is InChI=1S/C37H43NO9/c1-22-15-16-36(6,7)31(41)19-30(45-35(43)28-14-11-17-38-21-28)23(2)18-29-32(46-34(42)27-12-9-8-10-13-27)24(3)20-37(29,47-26(5)40)33(22)44-25(4)39/h8-18,21-22,24,29-30,32-33H,19-20H2,1-7H3. The first-order valence-electron chi connectivity index (χ1n) is 15.8. The number of hydrogen-bond acceptors (Lipinski definition) is 10. The Morgan fingerprint density at radius 2 is 1.53 bits per heavy atom. The lowest BCUT2D eigenvalue weighted by Crippen LogP contribution is -2.55. The van der Waals surface area contributed by atoms with Crippen molar-refractivity contribution < 1.29 is 42.9 Å². The van der Waals surface area contributed by atoms with E-state index in [1.807, 2.05) is 13.8 Å². The lowest BCUT2D eigenvalue weighted by Gasteiger charge is -2.43. The van der Waals surface area contributed by atoms with E-state index in [4.69, 9.17) is 18.9 Å². The van der Waals surface area contributed by atoms with E-state index < -0.39 is 65.0 Å². The molecule has 10 nitrogen and oxygen atoms in total. The first-order chi connectivity index (χ1) is 22.1. The second kappa shape index (κ2) is 14.4. The molecule has 1 saturated carbocycles. The van der Waals surface area contributed by atoms with E-state index in [-0.39, 0.29) is 30.1 Å². The summed E-state index contributed by atoms with van der Waals surface area (Å²) in [7, 11) is 0. The number of Topliss-reactive ketones (excluding diaryl/α,β-unsaturated/α-hetero) is 1. The van der Waals surface area contributed by atoms with Gasteiger partial charge in [0.05, 0.1) is 17.0 Å². The third kappa shape index (κ3) is 8.04. The zero-order valence-corrected chi connectivity index (χ0v) is 27.9. The highest BCUT2D eigenvalue weighted by Gasteiger charge is 2.62. The van der Waals surface area contributed by atoms with Crippen molar-refractivity contribution >= 4 is 29.7 Å². The van der Waals surface area contributed by atoms with Crippen molar-refractivity contribution in [2.24, 2.45) is 23.2 Å². The molecule has 2 aromatic rings. The van der Waals surface area contributed by atoms with Crippen LogP contribution in [0, 0.1) is 23.2 Å². The summed E-state index contributed by atoms with van der Waals surface area (Å²) in [6.07, 6.45) is 5.29. The van der Waals surface area contributed by atoms with E-state index in [2.05, 4.69) is 4.98 Å². The van der Waals surface area contributed by atoms with Crippen molar-refractivity contribution in [2.75, 3.05) is 0 Å². The Morgan fingerprint density at radius 1 is 0.872 bits per heavy atom. The van der Waals surface area contributed by atoms with E-state index in [9.17, 15) is 24.0 Å². The van der Waals surface area contributed by atoms with Crippen LogP contribution in [0.1, 0.15) is 82.0 Å². The molecule has 0 amide bonds. The minimum Gasteiger partial charge on any atom is -0.458 e. The minimum absolute atomic E-state index is 0.148. The number of ketones is 1. The molecule has 7 unspecified atom stereocenters. The van der Waals surface area contributed by atoms with Crippen LogP contribution in [-0.4, -0.2) is 58.6 Å². The number of rotatable bonds is 6. The fourth-order valence-corrected chi connectivity index (χ4v) is 6.54. The smallest absolute Gasteiger partial charge is 0.340 e. The summed E-state index contributed by atoms with van der Waals surface area (Å²) in [6, 6.07) is 11.7. The van der Waals surface area contributed by atoms with E-state index in [0.717, 1.165) is 0 Å². The normalized spacial score (nSPS) is 28.8. The highest BCUT2D eigenvalue weighted by atomic mass is 16.6. The predicted octanol–water partition coefficient (Wildman–Crippen LogP) is 5.86. The summed E-state index contributed by atoms with van der Waals surface area (Å²) < 4.78 is 24.3. The van der Waals surface area contributed by atoms with Gasteiger partial charge in [0, 0.05) is 44.0 Å². The molecule has 0 N–H and O–H groups in total. The maximum Gasteiger partial charge on any atom is 0.340 e. The monoisotopic (exact) mass is 645 g/mol. The average molecular weight is 646 g/mol. The number of esters is 4. The van der Waals surface area contributed by atoms with Gasteiger partial charge in [-0.05, 0) is 62.9 Å². The third-order valence-corrected chi connectivity index (χ3v) is 8.96. The first kappa shape index (κ1) is 35.3. The van der Waals surface area contributed by atoms with Gasteiger partial charge in [-0.2, -0.15) is 0 Å². The molecule has 47 heavy (non-hydrogen) atoms. The second-order valence-corrected chi connectivity index (χ2v) is 13.1. The molecule has 1 aromatic carbocycles. The number of nitrogens with zero attached hydrogens (tertiary/aromatic N) is 1. The fraction of sp³-hybridized carbons (Fsp3) is 0.459. The van der Waals surface area contributed by atoms with Gasteiger partial charge in [0.2, 0.25) is 0 Å². The Balaban J connectivity index is 1.92. The van der Waals surface area contributed by atoms with E-state index in [1.54, 1.807) is 81.5 Å². The number of carbonyl (C=O) groups is 5. The number of ether oxygens (including phenoxy) is 4. The predicted molar refractivity (Wildman–Crippen MR) is 172 cm³/mol. The summed E-state index contributed by atoms with van der Waals surface area (Å²) >= 11 is 0. The summed E-state index contributed by atoms with van der Waals surface area (Å²) in [5, 5.41) is 0. The highest BCUT2D eigenvalue weighted by Crippen LogP contribution is 2.51. The van der Waals surface area contributed by atoms with Crippen LogP contribution < -0.4 is 0 Å². The van der Waals surface area contributed by atoms with Crippen molar-refractivity contribution in [2.45, 2.75) is 85.2 Å². The number of allylic oxidation sites excluding steroid dienone is 1. The molecule has 4 rings (SSSR count). The number of carbonyl (C=O) groups excluding carboxylic acids is 5. The second-order valence-electron chi connectivity index (χ2n) is 13.1. The quantitative estimate of drug-likeness (QED) is 0.214. The van der Waals surface area contributed by atoms with Crippen molar-refractivity contribution in [3.05, 3.63) is 89.8 Å². The summed E-state index contributed by atoms with van der Waals surface area (Å²) in [5.41, 5.74) is -1.46. The summed E-state index contributed by atoms with van der Waals surface area (Å²) in [5.74, 6) is -4.42. The molecule has 1 heterocycles. The van der Waals surface area contributed by atoms with Gasteiger partial charge in [-0.25, -0.2) is 9.59 Å². The number of fused-ring (bicyclic) bond motifs is 1. The van der Waals surface area contributed by atoms with Gasteiger partial charge in [-0.15, -0.1) is 0 Å². The van der Waals surface area contributed by atoms with Crippen molar-refractivity contribution in [1.29, 1.82) is 0 Å². The Bertz CT molecular complexity index is 1550. The number of benzene rings is 1. The molecule has 250 valence electrons. The minimum atomic E-state index is -1.49. The van der Waals surface area contributed by atoms with Crippen LogP contribution in [0.25, 0.3) is 0 Å². The van der Waals surface area contributed by atoms with E-state index in [0.29, 0.717) is 11.1 Å². The van der Waals surface area contributed by atoms with Crippen LogP contribution in [0.15, 0.2) is 78.7 Å². The molecule has 0 radical (unpaired) electrons. The largest absolute Gasteiger partial charge is 0.458 e. The Hall–Kier alpha value is -4.60. The lowest BCUT2D eigenvalue weighted by atomic mass is 9.75. The Morgan fingerprint density at radius 3 is 2.15 bits per heavy atom. The van der Waals surface area contributed by atoms with Gasteiger partial charge in [0.1, 0.15) is 24.1 Å². The molecule has 0 spiro atoms. The van der Waals surface area contributed by atoms with Gasteiger partial charge in [-0.3, -0.25) is 19.4 Å². The van der Waals surface area contributed by atoms with E-state index in [1.165, 1.54) is 26.2 Å². The van der Waals surface area contributed by atoms with Crippen LogP contribution in [0.3, 0.4) is 0 Å². The molecule has 0 aliphatic heterocycles. The molecule has 2 aliphatic rings. The molecule has 1 aromatic heterocycles. The van der Waals surface area contributed by atoms with Crippen molar-refractivity contribution in [3.63, 3.8) is 0 Å². The lowest BCUT2D eigenvalue weighted by molar-refractivity contribution is -0.195. The van der Waals surface area contributed by atoms with Gasteiger partial charge in [-0.1, -0.05) is 50.3 Å². The molecular formula is C37H43NO9. The SMILES string of the molecule is CC(=O)OC1C(C)C=CC(C)(C)C(=O)CC(OC(=O)c2cccnc2)C(C)=CC2C(OC(=O)c3ccccc3)C(C)CC21OC(C)=O. The number of pyridine rings is 1. The topological polar surface area (TPSA) is 135 Å². The fourth-order valence-electron chi connectivity index (χ4n) is 6.54. The third-order valence-electron chi connectivity index (χ3n) is 8.96. The maximum absolute atomic E-state index is 13.7. The first-order valence-corrected chi connectivity index (χ1v) is 15.8. The average Bonchev–Trinajstić information content (AvgIpc) is 3.27. The molecule has 10 heteroatoms. The van der Waals surface area contributed by atoms with Gasteiger partial charge >= 0.3 is 23.9 Å². The van der Waals surface area contributed by atoms with Gasteiger partial charge < -0.3 is 18.9 Å². The zero-order valence-electron chi connectivity index (χ0n) is 27.9. The maximum atomic E-state index is 13.7. The molecule has 2 aliphatic carbocycles. The van der Waals surface area contributed by atoms with E-state index >= 15 is 0 Å².